The van der Waals surface area contributed by atoms with Crippen LogP contribution in [0.4, 0.5) is 14.9 Å². The topological polar surface area (TPSA) is 93.8 Å². The molecule has 0 bridgehead atoms. The van der Waals surface area contributed by atoms with Crippen molar-refractivity contribution in [3.05, 3.63) is 65.0 Å². The van der Waals surface area contributed by atoms with E-state index in [1.165, 1.54) is 18.2 Å². The Hall–Kier alpha value is -3.46. The summed E-state index contributed by atoms with van der Waals surface area (Å²) in [5.41, 5.74) is 1.86. The third-order valence-corrected chi connectivity index (χ3v) is 6.49. The minimum absolute atomic E-state index is 0.0258. The van der Waals surface area contributed by atoms with Crippen LogP contribution in [0.1, 0.15) is 67.3 Å². The minimum atomic E-state index is -0.655. The van der Waals surface area contributed by atoms with Crippen molar-refractivity contribution in [2.24, 2.45) is 5.41 Å². The Morgan fingerprint density at radius 3 is 2.34 bits per heavy atom. The molecule has 0 aromatic heterocycles. The molecule has 0 saturated carbocycles. The summed E-state index contributed by atoms with van der Waals surface area (Å²) in [4.78, 5) is 41.5. The quantitative estimate of drug-likeness (QED) is 0.474. The van der Waals surface area contributed by atoms with Crippen LogP contribution < -0.4 is 16.0 Å². The molecule has 8 nitrogen and oxygen atoms in total. The van der Waals surface area contributed by atoms with Gasteiger partial charge in [0.15, 0.2) is 0 Å². The molecule has 3 N–H and O–H groups in total. The third-order valence-electron chi connectivity index (χ3n) is 6.49. The van der Waals surface area contributed by atoms with Crippen LogP contribution in [0.25, 0.3) is 0 Å². The molecule has 2 aromatic carbocycles. The van der Waals surface area contributed by atoms with Crippen LogP contribution in [0.15, 0.2) is 42.5 Å². The van der Waals surface area contributed by atoms with Gasteiger partial charge in [0.25, 0.3) is 11.8 Å². The highest BCUT2D eigenvalue weighted by atomic mass is 19.1. The molecule has 4 amide bonds. The van der Waals surface area contributed by atoms with E-state index in [0.29, 0.717) is 44.8 Å². The van der Waals surface area contributed by atoms with Gasteiger partial charge in [-0.1, -0.05) is 39.8 Å². The molecule has 0 spiro atoms. The lowest BCUT2D eigenvalue weighted by Gasteiger charge is -2.35. The van der Waals surface area contributed by atoms with E-state index in [2.05, 4.69) is 20.9 Å². The molecule has 0 aliphatic carbocycles. The van der Waals surface area contributed by atoms with E-state index < -0.39 is 11.8 Å². The van der Waals surface area contributed by atoms with Crippen molar-refractivity contribution in [3.8, 4) is 0 Å². The van der Waals surface area contributed by atoms with E-state index in [9.17, 15) is 18.8 Å². The number of rotatable bonds is 8. The fourth-order valence-electron chi connectivity index (χ4n) is 4.03. The second-order valence-corrected chi connectivity index (χ2v) is 11.1. The molecule has 1 saturated heterocycles. The highest BCUT2D eigenvalue weighted by Crippen LogP contribution is 2.19. The molecule has 1 heterocycles. The van der Waals surface area contributed by atoms with Gasteiger partial charge in [-0.2, -0.15) is 0 Å². The number of hydrogen-bond donors (Lipinski definition) is 3. The summed E-state index contributed by atoms with van der Waals surface area (Å²) >= 11 is 0. The maximum atomic E-state index is 14.6. The lowest BCUT2D eigenvalue weighted by molar-refractivity contribution is 0.0627. The number of urea groups is 1. The number of nitrogens with one attached hydrogen (secondary N) is 3. The van der Waals surface area contributed by atoms with Gasteiger partial charge >= 0.3 is 6.03 Å². The van der Waals surface area contributed by atoms with Gasteiger partial charge in [-0.05, 0) is 54.7 Å². The van der Waals surface area contributed by atoms with E-state index in [1.54, 1.807) is 4.90 Å². The molecule has 1 unspecified atom stereocenters. The first-order chi connectivity index (χ1) is 17.9. The number of piperazine rings is 1. The van der Waals surface area contributed by atoms with E-state index in [-0.39, 0.29) is 34.5 Å². The summed E-state index contributed by atoms with van der Waals surface area (Å²) < 4.78 is 14.6. The maximum absolute atomic E-state index is 14.6. The molecule has 1 atom stereocenters. The molecule has 1 fully saturated rings. The number of anilines is 1. The molecule has 2 aromatic rings. The summed E-state index contributed by atoms with van der Waals surface area (Å²) in [7, 11) is 0. The van der Waals surface area contributed by atoms with Crippen molar-refractivity contribution in [1.29, 1.82) is 0 Å². The zero-order chi connectivity index (χ0) is 27.9. The third kappa shape index (κ3) is 8.55. The van der Waals surface area contributed by atoms with Crippen LogP contribution in [-0.2, 0) is 6.54 Å². The van der Waals surface area contributed by atoms with Gasteiger partial charge in [-0.15, -0.1) is 0 Å². The van der Waals surface area contributed by atoms with Crippen molar-refractivity contribution in [2.75, 3.05) is 38.0 Å². The largest absolute Gasteiger partial charge is 0.350 e. The van der Waals surface area contributed by atoms with Gasteiger partial charge in [0.1, 0.15) is 5.82 Å². The predicted octanol–water partition coefficient (Wildman–Crippen LogP) is 4.48. The number of carbonyl (C=O) groups excluding carboxylic acids is 3. The minimum Gasteiger partial charge on any atom is -0.350 e. The van der Waals surface area contributed by atoms with Crippen LogP contribution in [0.3, 0.4) is 0 Å². The number of nitrogens with zero attached hydrogens (tertiary/aromatic N) is 2. The molecule has 38 heavy (non-hydrogen) atoms. The Bertz CT molecular complexity index is 1140. The maximum Gasteiger partial charge on any atom is 0.319 e. The van der Waals surface area contributed by atoms with Crippen molar-refractivity contribution in [1.82, 2.24) is 20.4 Å². The summed E-state index contributed by atoms with van der Waals surface area (Å²) in [5, 5.41) is 8.20. The molecular weight excluding hydrogens is 485 g/mol. The smallest absolute Gasteiger partial charge is 0.319 e. The second kappa shape index (κ2) is 12.9. The zero-order valence-electron chi connectivity index (χ0n) is 23.1. The summed E-state index contributed by atoms with van der Waals surface area (Å²) in [6.07, 6.45) is 0.872. The van der Waals surface area contributed by atoms with Crippen LogP contribution in [0.2, 0.25) is 0 Å². The standard InChI is InChI=1S/C29H40FN5O3/c1-6-20(2)32-26(36)22-9-7-8-21(16-22)18-34-12-14-35(15-13-34)27(37)23-10-11-25(24(30)17-23)33-28(38)31-19-29(3,4)5/h7-11,16-17,20H,6,12-15,18-19H2,1-5H3,(H,32,36)(H2,31,33,38). The highest BCUT2D eigenvalue weighted by Gasteiger charge is 2.23. The molecule has 9 heteroatoms. The molecule has 1 aliphatic heterocycles. The van der Waals surface area contributed by atoms with Crippen molar-refractivity contribution >= 4 is 23.5 Å². The summed E-state index contributed by atoms with van der Waals surface area (Å²) in [6, 6.07) is 11.4. The molecule has 0 radical (unpaired) electrons. The zero-order valence-corrected chi connectivity index (χ0v) is 23.1. The average molecular weight is 526 g/mol. The van der Waals surface area contributed by atoms with Gasteiger partial charge < -0.3 is 20.9 Å². The molecule has 1 aliphatic rings. The second-order valence-electron chi connectivity index (χ2n) is 11.1. The van der Waals surface area contributed by atoms with E-state index in [0.717, 1.165) is 12.0 Å². The first-order valence-corrected chi connectivity index (χ1v) is 13.2. The number of benzene rings is 2. The first-order valence-electron chi connectivity index (χ1n) is 13.2. The van der Waals surface area contributed by atoms with E-state index >= 15 is 0 Å². The van der Waals surface area contributed by atoms with Gasteiger partial charge in [-0.25, -0.2) is 9.18 Å². The Labute approximate surface area is 225 Å². The highest BCUT2D eigenvalue weighted by molar-refractivity contribution is 5.96. The Morgan fingerprint density at radius 2 is 1.71 bits per heavy atom. The van der Waals surface area contributed by atoms with Crippen molar-refractivity contribution in [3.63, 3.8) is 0 Å². The van der Waals surface area contributed by atoms with E-state index in [4.69, 9.17) is 0 Å². The fourth-order valence-corrected chi connectivity index (χ4v) is 4.03. The van der Waals surface area contributed by atoms with Gasteiger partial charge in [0.2, 0.25) is 0 Å². The monoisotopic (exact) mass is 525 g/mol. The number of carbonyl (C=O) groups is 3. The first kappa shape index (κ1) is 29.1. The normalized spacial score (nSPS) is 15.1. The molecule has 3 rings (SSSR count). The van der Waals surface area contributed by atoms with Crippen molar-refractivity contribution < 1.29 is 18.8 Å². The van der Waals surface area contributed by atoms with Gasteiger partial charge in [0, 0.05) is 56.4 Å². The SMILES string of the molecule is CCC(C)NC(=O)c1cccc(CN2CCN(C(=O)c3ccc(NC(=O)NCC(C)(C)C)c(F)c3)CC2)c1. The predicted molar refractivity (Wildman–Crippen MR) is 148 cm³/mol. The number of amides is 4. The Morgan fingerprint density at radius 1 is 1.00 bits per heavy atom. The lowest BCUT2D eigenvalue weighted by Crippen LogP contribution is -2.48. The number of hydrogen-bond acceptors (Lipinski definition) is 4. The summed E-state index contributed by atoms with van der Waals surface area (Å²) in [6.45, 7) is 13.5. The van der Waals surface area contributed by atoms with Crippen LogP contribution in [-0.4, -0.2) is 66.4 Å². The van der Waals surface area contributed by atoms with Gasteiger partial charge in [0.05, 0.1) is 5.69 Å². The Balaban J connectivity index is 1.52. The molecule has 206 valence electrons. The van der Waals surface area contributed by atoms with Crippen LogP contribution in [0, 0.1) is 11.2 Å². The Kier molecular flexibility index (Phi) is 9.85. The average Bonchev–Trinajstić information content (AvgIpc) is 2.88. The van der Waals surface area contributed by atoms with E-state index in [1.807, 2.05) is 58.9 Å². The van der Waals surface area contributed by atoms with Crippen molar-refractivity contribution in [2.45, 2.75) is 53.6 Å². The number of halogens is 1. The van der Waals surface area contributed by atoms with Gasteiger partial charge in [-0.3, -0.25) is 14.5 Å². The van der Waals surface area contributed by atoms with Crippen LogP contribution >= 0.6 is 0 Å². The molecular formula is C29H40FN5O3. The van der Waals surface area contributed by atoms with Crippen LogP contribution in [0.5, 0.6) is 0 Å². The lowest BCUT2D eigenvalue weighted by atomic mass is 9.97. The summed E-state index contributed by atoms with van der Waals surface area (Å²) in [5.74, 6) is -0.968. The fraction of sp³-hybridized carbons (Fsp3) is 0.483.